The summed E-state index contributed by atoms with van der Waals surface area (Å²) in [7, 11) is 1.40. The molecular formula is C17H25ClO2. The Morgan fingerprint density at radius 3 is 2.45 bits per heavy atom. The van der Waals surface area contributed by atoms with Crippen molar-refractivity contribution in [3.63, 3.8) is 0 Å². The minimum absolute atomic E-state index is 0.230. The van der Waals surface area contributed by atoms with Gasteiger partial charge in [0.25, 0.3) is 0 Å². The molecular weight excluding hydrogens is 272 g/mol. The van der Waals surface area contributed by atoms with E-state index in [-0.39, 0.29) is 12.4 Å². The molecule has 0 radical (unpaired) electrons. The first kappa shape index (κ1) is 17.0. The minimum atomic E-state index is -0.466. The molecule has 0 saturated carbocycles. The predicted molar refractivity (Wildman–Crippen MR) is 84.1 cm³/mol. The number of rotatable bonds is 9. The summed E-state index contributed by atoms with van der Waals surface area (Å²) in [4.78, 5) is 10.7. The number of esters is 1. The Morgan fingerprint density at radius 2 is 1.80 bits per heavy atom. The van der Waals surface area contributed by atoms with Gasteiger partial charge in [-0.25, -0.2) is 0 Å². The highest BCUT2D eigenvalue weighted by Gasteiger charge is 2.24. The molecule has 0 N–H and O–H groups in total. The lowest BCUT2D eigenvalue weighted by atomic mass is 9.98. The van der Waals surface area contributed by atoms with Crippen molar-refractivity contribution in [2.45, 2.75) is 56.7 Å². The van der Waals surface area contributed by atoms with E-state index in [9.17, 15) is 4.79 Å². The molecule has 0 fully saturated rings. The summed E-state index contributed by atoms with van der Waals surface area (Å²) < 4.78 is 4.66. The Labute approximate surface area is 127 Å². The molecule has 1 aromatic rings. The van der Waals surface area contributed by atoms with Gasteiger partial charge in [0.05, 0.1) is 18.4 Å². The zero-order chi connectivity index (χ0) is 14.8. The van der Waals surface area contributed by atoms with Gasteiger partial charge in [0, 0.05) is 0 Å². The SMILES string of the molecule is COC(=O)CC(C)(Cl)CCCCCCc1ccccc1. The van der Waals surface area contributed by atoms with Crippen molar-refractivity contribution in [2.75, 3.05) is 7.11 Å². The zero-order valence-corrected chi connectivity index (χ0v) is 13.3. The van der Waals surface area contributed by atoms with E-state index in [1.165, 1.54) is 25.5 Å². The standard InChI is InChI=1S/C17H25ClO2/c1-17(18,14-16(19)20-2)13-9-4-3-6-10-15-11-7-5-8-12-15/h5,7-8,11-12H,3-4,6,9-10,13-14H2,1-2H3. The van der Waals surface area contributed by atoms with Crippen LogP contribution in [0.2, 0.25) is 0 Å². The molecule has 0 aliphatic rings. The first-order valence-corrected chi connectivity index (χ1v) is 7.71. The van der Waals surface area contributed by atoms with Gasteiger partial charge in [0.1, 0.15) is 0 Å². The van der Waals surface area contributed by atoms with E-state index in [2.05, 4.69) is 29.0 Å². The fourth-order valence-corrected chi connectivity index (χ4v) is 2.53. The average Bonchev–Trinajstić information content (AvgIpc) is 2.43. The molecule has 3 heteroatoms. The summed E-state index contributed by atoms with van der Waals surface area (Å²) in [5.41, 5.74) is 1.40. The summed E-state index contributed by atoms with van der Waals surface area (Å²) in [5, 5.41) is 0. The number of carbonyl (C=O) groups is 1. The van der Waals surface area contributed by atoms with E-state index in [0.717, 1.165) is 25.7 Å². The van der Waals surface area contributed by atoms with Crippen LogP contribution in [0.1, 0.15) is 51.0 Å². The average molecular weight is 297 g/mol. The van der Waals surface area contributed by atoms with Crippen LogP contribution in [0.15, 0.2) is 30.3 Å². The molecule has 112 valence electrons. The van der Waals surface area contributed by atoms with Gasteiger partial charge in [-0.05, 0) is 31.7 Å². The van der Waals surface area contributed by atoms with Gasteiger partial charge in [-0.1, -0.05) is 49.6 Å². The number of carbonyl (C=O) groups excluding carboxylic acids is 1. The highest BCUT2D eigenvalue weighted by atomic mass is 35.5. The maximum absolute atomic E-state index is 11.2. The number of methoxy groups -OCH3 is 1. The van der Waals surface area contributed by atoms with E-state index in [0.29, 0.717) is 0 Å². The quantitative estimate of drug-likeness (QED) is 0.374. The van der Waals surface area contributed by atoms with Gasteiger partial charge in [0.2, 0.25) is 0 Å². The van der Waals surface area contributed by atoms with E-state index < -0.39 is 4.87 Å². The highest BCUT2D eigenvalue weighted by molar-refractivity contribution is 6.24. The Kier molecular flexibility index (Phi) is 7.68. The van der Waals surface area contributed by atoms with Crippen LogP contribution in [0.25, 0.3) is 0 Å². The number of aryl methyl sites for hydroxylation is 1. The molecule has 0 aliphatic heterocycles. The lowest BCUT2D eigenvalue weighted by molar-refractivity contribution is -0.141. The summed E-state index contributed by atoms with van der Waals surface area (Å²) in [5.74, 6) is -0.230. The van der Waals surface area contributed by atoms with Crippen LogP contribution in [0.5, 0.6) is 0 Å². The largest absolute Gasteiger partial charge is 0.469 e. The van der Waals surface area contributed by atoms with Crippen LogP contribution >= 0.6 is 11.6 Å². The third-order valence-electron chi connectivity index (χ3n) is 3.50. The van der Waals surface area contributed by atoms with Crippen molar-refractivity contribution in [1.82, 2.24) is 0 Å². The second kappa shape index (κ2) is 9.02. The molecule has 2 nitrogen and oxygen atoms in total. The third kappa shape index (κ3) is 7.54. The van der Waals surface area contributed by atoms with Crippen molar-refractivity contribution in [2.24, 2.45) is 0 Å². The molecule has 0 saturated heterocycles. The summed E-state index contributed by atoms with van der Waals surface area (Å²) >= 11 is 6.32. The molecule has 20 heavy (non-hydrogen) atoms. The molecule has 1 unspecified atom stereocenters. The fraction of sp³-hybridized carbons (Fsp3) is 0.588. The number of halogens is 1. The Balaban J connectivity index is 2.08. The van der Waals surface area contributed by atoms with Crippen molar-refractivity contribution in [3.05, 3.63) is 35.9 Å². The molecule has 0 spiro atoms. The van der Waals surface area contributed by atoms with Crippen molar-refractivity contribution < 1.29 is 9.53 Å². The molecule has 0 amide bonds. The number of hydrogen-bond donors (Lipinski definition) is 0. The van der Waals surface area contributed by atoms with Crippen LogP contribution in [-0.2, 0) is 16.0 Å². The molecule has 1 aromatic carbocycles. The summed E-state index contributed by atoms with van der Waals surface area (Å²) in [6, 6.07) is 10.6. The van der Waals surface area contributed by atoms with Gasteiger partial charge in [-0.3, -0.25) is 4.79 Å². The van der Waals surface area contributed by atoms with Crippen LogP contribution in [0.4, 0.5) is 0 Å². The van der Waals surface area contributed by atoms with Crippen molar-refractivity contribution in [1.29, 1.82) is 0 Å². The van der Waals surface area contributed by atoms with Gasteiger partial charge < -0.3 is 4.74 Å². The fourth-order valence-electron chi connectivity index (χ4n) is 2.28. The van der Waals surface area contributed by atoms with Crippen molar-refractivity contribution in [3.8, 4) is 0 Å². The monoisotopic (exact) mass is 296 g/mol. The van der Waals surface area contributed by atoms with Gasteiger partial charge in [-0.2, -0.15) is 0 Å². The lowest BCUT2D eigenvalue weighted by Gasteiger charge is -2.20. The number of benzene rings is 1. The smallest absolute Gasteiger partial charge is 0.307 e. The Morgan fingerprint density at radius 1 is 1.15 bits per heavy atom. The summed E-state index contributed by atoms with van der Waals surface area (Å²) in [6.45, 7) is 1.91. The van der Waals surface area contributed by atoms with Crippen molar-refractivity contribution >= 4 is 17.6 Å². The van der Waals surface area contributed by atoms with E-state index in [1.54, 1.807) is 0 Å². The molecule has 1 rings (SSSR count). The topological polar surface area (TPSA) is 26.3 Å². The van der Waals surface area contributed by atoms with E-state index in [1.807, 2.05) is 13.0 Å². The Bertz CT molecular complexity index is 387. The van der Waals surface area contributed by atoms with Gasteiger partial charge in [0.15, 0.2) is 0 Å². The highest BCUT2D eigenvalue weighted by Crippen LogP contribution is 2.27. The van der Waals surface area contributed by atoms with Crippen LogP contribution < -0.4 is 0 Å². The van der Waals surface area contributed by atoms with Gasteiger partial charge in [-0.15, -0.1) is 11.6 Å². The maximum atomic E-state index is 11.2. The van der Waals surface area contributed by atoms with Crippen LogP contribution in [0.3, 0.4) is 0 Å². The predicted octanol–water partition coefficient (Wildman–Crippen LogP) is 4.74. The molecule has 1 atom stereocenters. The number of alkyl halides is 1. The zero-order valence-electron chi connectivity index (χ0n) is 12.5. The third-order valence-corrected chi connectivity index (χ3v) is 3.82. The van der Waals surface area contributed by atoms with Crippen LogP contribution in [0, 0.1) is 0 Å². The number of hydrogen-bond acceptors (Lipinski definition) is 2. The van der Waals surface area contributed by atoms with Crippen LogP contribution in [-0.4, -0.2) is 18.0 Å². The molecule has 0 aromatic heterocycles. The molecule has 0 bridgehead atoms. The van der Waals surface area contributed by atoms with E-state index in [4.69, 9.17) is 11.6 Å². The molecule has 0 aliphatic carbocycles. The lowest BCUT2D eigenvalue weighted by Crippen LogP contribution is -2.22. The second-order valence-electron chi connectivity index (χ2n) is 5.57. The van der Waals surface area contributed by atoms with Gasteiger partial charge >= 0.3 is 5.97 Å². The second-order valence-corrected chi connectivity index (χ2v) is 6.48. The Hall–Kier alpha value is -1.02. The maximum Gasteiger partial charge on any atom is 0.307 e. The first-order chi connectivity index (χ1) is 9.53. The van der Waals surface area contributed by atoms with E-state index >= 15 is 0 Å². The number of unbranched alkanes of at least 4 members (excludes halogenated alkanes) is 3. The normalized spacial score (nSPS) is 13.8. The minimum Gasteiger partial charge on any atom is -0.469 e. The summed E-state index contributed by atoms with van der Waals surface area (Å²) in [6.07, 6.45) is 6.92. The first-order valence-electron chi connectivity index (χ1n) is 7.33. The molecule has 0 heterocycles. The number of ether oxygens (including phenoxy) is 1.